The van der Waals surface area contributed by atoms with Crippen molar-refractivity contribution < 1.29 is 13.2 Å². The lowest BCUT2D eigenvalue weighted by atomic mass is 9.92. The highest BCUT2D eigenvalue weighted by atomic mass is 35.7. The second kappa shape index (κ2) is 5.66. The van der Waals surface area contributed by atoms with Gasteiger partial charge in [0.1, 0.15) is 10.6 Å². The molecule has 0 saturated carbocycles. The summed E-state index contributed by atoms with van der Waals surface area (Å²) >= 11 is 0. The van der Waals surface area contributed by atoms with E-state index < -0.39 is 9.05 Å². The molecule has 0 amide bonds. The molecule has 1 aromatic heterocycles. The Bertz CT molecular complexity index is 774. The van der Waals surface area contributed by atoms with Crippen LogP contribution in [-0.4, -0.2) is 13.4 Å². The van der Waals surface area contributed by atoms with Gasteiger partial charge in [-0.1, -0.05) is 6.07 Å². The molecule has 1 heterocycles. The number of aryl methyl sites for hydroxylation is 2. The molecule has 4 nitrogen and oxygen atoms in total. The van der Waals surface area contributed by atoms with Crippen LogP contribution in [0.3, 0.4) is 0 Å². The van der Waals surface area contributed by atoms with Crippen molar-refractivity contribution in [2.45, 2.75) is 30.6 Å². The minimum Gasteiger partial charge on any atom is -0.438 e. The van der Waals surface area contributed by atoms with Crippen LogP contribution in [0.5, 0.6) is 11.6 Å². The molecular formula is C15H14ClNO3S. The maximum atomic E-state index is 11.5. The molecule has 3 rings (SSSR count). The minimum atomic E-state index is -3.89. The Hall–Kier alpha value is -1.59. The van der Waals surface area contributed by atoms with Crippen molar-refractivity contribution in [3.63, 3.8) is 0 Å². The van der Waals surface area contributed by atoms with Crippen molar-refractivity contribution in [1.29, 1.82) is 0 Å². The zero-order chi connectivity index (χ0) is 14.9. The van der Waals surface area contributed by atoms with Crippen LogP contribution in [0.4, 0.5) is 0 Å². The van der Waals surface area contributed by atoms with E-state index in [1.807, 2.05) is 18.2 Å². The molecule has 0 bridgehead atoms. The molecule has 21 heavy (non-hydrogen) atoms. The van der Waals surface area contributed by atoms with Crippen LogP contribution >= 0.6 is 10.7 Å². The van der Waals surface area contributed by atoms with E-state index in [1.165, 1.54) is 42.3 Å². The summed E-state index contributed by atoms with van der Waals surface area (Å²) in [7, 11) is 1.51. The molecule has 6 heteroatoms. The van der Waals surface area contributed by atoms with Gasteiger partial charge in [0.2, 0.25) is 5.88 Å². The van der Waals surface area contributed by atoms with Crippen molar-refractivity contribution in [2.24, 2.45) is 0 Å². The van der Waals surface area contributed by atoms with E-state index in [0.29, 0.717) is 5.75 Å². The Labute approximate surface area is 128 Å². The topological polar surface area (TPSA) is 56.3 Å². The Morgan fingerprint density at radius 2 is 1.86 bits per heavy atom. The Kier molecular flexibility index (Phi) is 3.87. The first-order valence-corrected chi connectivity index (χ1v) is 9.04. The van der Waals surface area contributed by atoms with E-state index in [9.17, 15) is 8.42 Å². The molecule has 1 aliphatic carbocycles. The first-order valence-electron chi connectivity index (χ1n) is 6.73. The van der Waals surface area contributed by atoms with Crippen molar-refractivity contribution in [3.05, 3.63) is 47.7 Å². The van der Waals surface area contributed by atoms with Crippen LogP contribution in [0.2, 0.25) is 0 Å². The molecule has 1 aromatic carbocycles. The molecule has 1 aliphatic rings. The lowest BCUT2D eigenvalue weighted by Gasteiger charge is -2.16. The second-order valence-electron chi connectivity index (χ2n) is 4.98. The lowest BCUT2D eigenvalue weighted by Crippen LogP contribution is -2.03. The van der Waals surface area contributed by atoms with E-state index in [-0.39, 0.29) is 10.8 Å². The minimum absolute atomic E-state index is 0.00302. The molecular weight excluding hydrogens is 310 g/mol. The van der Waals surface area contributed by atoms with Gasteiger partial charge in [0, 0.05) is 16.9 Å². The van der Waals surface area contributed by atoms with E-state index in [1.54, 1.807) is 0 Å². The summed E-state index contributed by atoms with van der Waals surface area (Å²) in [5.74, 6) is 0.583. The third-order valence-electron chi connectivity index (χ3n) is 3.53. The van der Waals surface area contributed by atoms with Gasteiger partial charge in [-0.3, -0.25) is 0 Å². The number of nitrogens with zero attached hydrogens (tertiary/aromatic N) is 1. The van der Waals surface area contributed by atoms with Gasteiger partial charge < -0.3 is 4.74 Å². The number of ether oxygens (including phenoxy) is 1. The predicted molar refractivity (Wildman–Crippen MR) is 80.4 cm³/mol. The van der Waals surface area contributed by atoms with Gasteiger partial charge in [-0.2, -0.15) is 0 Å². The highest BCUT2D eigenvalue weighted by Crippen LogP contribution is 2.31. The van der Waals surface area contributed by atoms with Gasteiger partial charge in [0.25, 0.3) is 9.05 Å². The van der Waals surface area contributed by atoms with Gasteiger partial charge in [-0.15, -0.1) is 0 Å². The largest absolute Gasteiger partial charge is 0.438 e. The standard InChI is InChI=1S/C15H14ClNO3S/c16-21(18,19)14-6-3-9-17-15(14)20-13-8-7-11-4-1-2-5-12(11)10-13/h3,6-10H,1-2,4-5H2. The number of fused-ring (bicyclic) bond motifs is 1. The van der Waals surface area contributed by atoms with E-state index in [0.717, 1.165) is 12.8 Å². The van der Waals surface area contributed by atoms with Crippen molar-refractivity contribution >= 4 is 19.7 Å². The van der Waals surface area contributed by atoms with Gasteiger partial charge >= 0.3 is 0 Å². The first-order chi connectivity index (χ1) is 10.0. The molecule has 2 aromatic rings. The summed E-state index contributed by atoms with van der Waals surface area (Å²) in [6.07, 6.45) is 5.96. The van der Waals surface area contributed by atoms with Gasteiger partial charge in [-0.05, 0) is 61.1 Å². The molecule has 0 fully saturated rings. The van der Waals surface area contributed by atoms with Crippen LogP contribution in [0, 0.1) is 0 Å². The molecule has 0 unspecified atom stereocenters. The Balaban J connectivity index is 1.94. The van der Waals surface area contributed by atoms with Crippen LogP contribution in [-0.2, 0) is 21.9 Å². The third-order valence-corrected chi connectivity index (χ3v) is 4.87. The zero-order valence-corrected chi connectivity index (χ0v) is 12.8. The van der Waals surface area contributed by atoms with E-state index in [2.05, 4.69) is 4.98 Å². The van der Waals surface area contributed by atoms with Crippen LogP contribution in [0.15, 0.2) is 41.4 Å². The van der Waals surface area contributed by atoms with Gasteiger partial charge in [-0.25, -0.2) is 13.4 Å². The van der Waals surface area contributed by atoms with Gasteiger partial charge in [0.05, 0.1) is 0 Å². The molecule has 0 spiro atoms. The fourth-order valence-corrected chi connectivity index (χ4v) is 3.42. The normalized spacial score (nSPS) is 14.5. The Morgan fingerprint density at radius 1 is 1.10 bits per heavy atom. The van der Waals surface area contributed by atoms with E-state index in [4.69, 9.17) is 15.4 Å². The summed E-state index contributed by atoms with van der Waals surface area (Å²) in [4.78, 5) is 3.85. The second-order valence-corrected chi connectivity index (χ2v) is 7.52. The summed E-state index contributed by atoms with van der Waals surface area (Å²) in [5, 5.41) is 0. The highest BCUT2D eigenvalue weighted by molar-refractivity contribution is 8.13. The lowest BCUT2D eigenvalue weighted by molar-refractivity contribution is 0.446. The monoisotopic (exact) mass is 323 g/mol. The fourth-order valence-electron chi connectivity index (χ4n) is 2.52. The third kappa shape index (κ3) is 3.19. The molecule has 0 aliphatic heterocycles. The quantitative estimate of drug-likeness (QED) is 0.808. The summed E-state index contributed by atoms with van der Waals surface area (Å²) in [6, 6.07) is 8.71. The molecule has 0 saturated heterocycles. The van der Waals surface area contributed by atoms with Crippen molar-refractivity contribution in [1.82, 2.24) is 4.98 Å². The average molecular weight is 324 g/mol. The smallest absolute Gasteiger partial charge is 0.266 e. The SMILES string of the molecule is O=S(=O)(Cl)c1cccnc1Oc1ccc2c(c1)CCCC2. The van der Waals surface area contributed by atoms with E-state index >= 15 is 0 Å². The average Bonchev–Trinajstić information content (AvgIpc) is 2.46. The fraction of sp³-hybridized carbons (Fsp3) is 0.267. The van der Waals surface area contributed by atoms with Crippen LogP contribution < -0.4 is 4.74 Å². The first kappa shape index (κ1) is 14.4. The summed E-state index contributed by atoms with van der Waals surface area (Å²) in [5.41, 5.74) is 2.59. The number of hydrogen-bond acceptors (Lipinski definition) is 4. The summed E-state index contributed by atoms with van der Waals surface area (Å²) < 4.78 is 28.7. The summed E-state index contributed by atoms with van der Waals surface area (Å²) in [6.45, 7) is 0. The molecule has 0 radical (unpaired) electrons. The predicted octanol–water partition coefficient (Wildman–Crippen LogP) is 3.68. The van der Waals surface area contributed by atoms with Crippen LogP contribution in [0.25, 0.3) is 0 Å². The van der Waals surface area contributed by atoms with Crippen molar-refractivity contribution in [2.75, 3.05) is 0 Å². The number of rotatable bonds is 3. The number of halogens is 1. The number of benzene rings is 1. The van der Waals surface area contributed by atoms with Gasteiger partial charge in [0.15, 0.2) is 0 Å². The zero-order valence-electron chi connectivity index (χ0n) is 11.3. The number of hydrogen-bond donors (Lipinski definition) is 0. The molecule has 0 N–H and O–H groups in total. The maximum absolute atomic E-state index is 11.5. The molecule has 110 valence electrons. The van der Waals surface area contributed by atoms with Crippen LogP contribution in [0.1, 0.15) is 24.0 Å². The Morgan fingerprint density at radius 3 is 2.62 bits per heavy atom. The number of aromatic nitrogens is 1. The van der Waals surface area contributed by atoms with Crippen molar-refractivity contribution in [3.8, 4) is 11.6 Å². The molecule has 0 atom stereocenters. The maximum Gasteiger partial charge on any atom is 0.266 e. The highest BCUT2D eigenvalue weighted by Gasteiger charge is 2.19. The number of pyridine rings is 1.